The van der Waals surface area contributed by atoms with Crippen LogP contribution in [0.15, 0.2) is 12.4 Å². The van der Waals surface area contributed by atoms with E-state index in [1.165, 1.54) is 0 Å². The quantitative estimate of drug-likeness (QED) is 0.697. The second-order valence-electron chi connectivity index (χ2n) is 3.99. The average Bonchev–Trinajstić information content (AvgIpc) is 2.26. The standard InChI is InChI=1S/C11H20N4/c1-9(6-12)4-3-5-13-11-14-7-10(2)8-15-11/h7-9H,3-6,12H2,1-2H3,(H,13,14,15). The van der Waals surface area contributed by atoms with Crippen LogP contribution in [0.5, 0.6) is 0 Å². The number of aromatic nitrogens is 2. The lowest BCUT2D eigenvalue weighted by atomic mass is 10.1. The largest absolute Gasteiger partial charge is 0.354 e. The summed E-state index contributed by atoms with van der Waals surface area (Å²) < 4.78 is 0. The molecule has 0 aliphatic rings. The van der Waals surface area contributed by atoms with E-state index < -0.39 is 0 Å². The minimum atomic E-state index is 0.603. The Morgan fingerprint density at radius 1 is 1.40 bits per heavy atom. The van der Waals surface area contributed by atoms with E-state index in [9.17, 15) is 0 Å². The Morgan fingerprint density at radius 2 is 2.07 bits per heavy atom. The number of nitrogens with zero attached hydrogens (tertiary/aromatic N) is 2. The van der Waals surface area contributed by atoms with Crippen LogP contribution in [-0.2, 0) is 0 Å². The van der Waals surface area contributed by atoms with Gasteiger partial charge in [0.05, 0.1) is 0 Å². The van der Waals surface area contributed by atoms with Crippen LogP contribution in [-0.4, -0.2) is 23.1 Å². The van der Waals surface area contributed by atoms with E-state index in [2.05, 4.69) is 22.2 Å². The molecule has 1 aromatic heterocycles. The molecule has 1 heterocycles. The molecule has 4 nitrogen and oxygen atoms in total. The maximum atomic E-state index is 5.54. The third-order valence-corrected chi connectivity index (χ3v) is 2.34. The molecule has 1 aromatic rings. The number of rotatable bonds is 6. The first-order chi connectivity index (χ1) is 7.22. The fraction of sp³-hybridized carbons (Fsp3) is 0.636. The Labute approximate surface area is 91.3 Å². The van der Waals surface area contributed by atoms with E-state index in [0.717, 1.165) is 31.5 Å². The van der Waals surface area contributed by atoms with Crippen molar-refractivity contribution >= 4 is 5.95 Å². The van der Waals surface area contributed by atoms with E-state index in [1.54, 1.807) is 0 Å². The van der Waals surface area contributed by atoms with E-state index in [4.69, 9.17) is 5.73 Å². The zero-order chi connectivity index (χ0) is 11.1. The molecule has 84 valence electrons. The lowest BCUT2D eigenvalue weighted by Crippen LogP contribution is -2.13. The lowest BCUT2D eigenvalue weighted by Gasteiger charge is -2.08. The van der Waals surface area contributed by atoms with Gasteiger partial charge in [-0.15, -0.1) is 0 Å². The van der Waals surface area contributed by atoms with Gasteiger partial charge in [0.25, 0.3) is 0 Å². The third-order valence-electron chi connectivity index (χ3n) is 2.34. The minimum absolute atomic E-state index is 0.603. The van der Waals surface area contributed by atoms with Crippen molar-refractivity contribution in [1.82, 2.24) is 9.97 Å². The molecule has 15 heavy (non-hydrogen) atoms. The first-order valence-electron chi connectivity index (χ1n) is 5.45. The van der Waals surface area contributed by atoms with Gasteiger partial charge in [-0.3, -0.25) is 0 Å². The van der Waals surface area contributed by atoms with Crippen molar-refractivity contribution in [2.24, 2.45) is 11.7 Å². The number of anilines is 1. The lowest BCUT2D eigenvalue weighted by molar-refractivity contribution is 0.529. The maximum Gasteiger partial charge on any atom is 0.222 e. The normalized spacial score (nSPS) is 12.5. The molecular weight excluding hydrogens is 188 g/mol. The van der Waals surface area contributed by atoms with Crippen molar-refractivity contribution in [3.8, 4) is 0 Å². The molecule has 0 saturated carbocycles. The van der Waals surface area contributed by atoms with Gasteiger partial charge in [0.15, 0.2) is 0 Å². The predicted molar refractivity (Wildman–Crippen MR) is 62.7 cm³/mol. The SMILES string of the molecule is Cc1cnc(NCCCC(C)CN)nc1. The summed E-state index contributed by atoms with van der Waals surface area (Å²) in [5.41, 5.74) is 6.62. The Kier molecular flexibility index (Phi) is 5.04. The number of aryl methyl sites for hydroxylation is 1. The van der Waals surface area contributed by atoms with Crippen LogP contribution >= 0.6 is 0 Å². The van der Waals surface area contributed by atoms with Crippen molar-refractivity contribution in [1.29, 1.82) is 0 Å². The Hall–Kier alpha value is -1.16. The summed E-state index contributed by atoms with van der Waals surface area (Å²) in [7, 11) is 0. The fourth-order valence-electron chi connectivity index (χ4n) is 1.25. The zero-order valence-electron chi connectivity index (χ0n) is 9.53. The molecule has 1 unspecified atom stereocenters. The highest BCUT2D eigenvalue weighted by molar-refractivity contribution is 5.23. The zero-order valence-corrected chi connectivity index (χ0v) is 9.53. The molecule has 0 aliphatic heterocycles. The Bertz CT molecular complexity index is 270. The van der Waals surface area contributed by atoms with Crippen LogP contribution in [0, 0.1) is 12.8 Å². The Balaban J connectivity index is 2.17. The molecular formula is C11H20N4. The van der Waals surface area contributed by atoms with Gasteiger partial charge < -0.3 is 11.1 Å². The van der Waals surface area contributed by atoms with Crippen molar-refractivity contribution in [3.63, 3.8) is 0 Å². The predicted octanol–water partition coefficient (Wildman–Crippen LogP) is 1.57. The molecule has 1 atom stereocenters. The first-order valence-corrected chi connectivity index (χ1v) is 5.45. The molecule has 4 heteroatoms. The summed E-state index contributed by atoms with van der Waals surface area (Å²) in [5, 5.41) is 3.19. The summed E-state index contributed by atoms with van der Waals surface area (Å²) in [6, 6.07) is 0. The summed E-state index contributed by atoms with van der Waals surface area (Å²) in [6.45, 7) is 5.82. The van der Waals surface area contributed by atoms with Crippen molar-refractivity contribution in [2.45, 2.75) is 26.7 Å². The summed E-state index contributed by atoms with van der Waals surface area (Å²) in [4.78, 5) is 8.34. The smallest absolute Gasteiger partial charge is 0.222 e. The molecule has 0 saturated heterocycles. The van der Waals surface area contributed by atoms with Gasteiger partial charge >= 0.3 is 0 Å². The topological polar surface area (TPSA) is 63.8 Å². The van der Waals surface area contributed by atoms with Crippen molar-refractivity contribution in [3.05, 3.63) is 18.0 Å². The number of hydrogen-bond acceptors (Lipinski definition) is 4. The highest BCUT2D eigenvalue weighted by atomic mass is 15.1. The molecule has 0 radical (unpaired) electrons. The van der Waals surface area contributed by atoms with Crippen LogP contribution < -0.4 is 11.1 Å². The van der Waals surface area contributed by atoms with Gasteiger partial charge in [-0.2, -0.15) is 0 Å². The van der Waals surface area contributed by atoms with Crippen LogP contribution in [0.3, 0.4) is 0 Å². The first kappa shape index (κ1) is 11.9. The van der Waals surface area contributed by atoms with E-state index in [-0.39, 0.29) is 0 Å². The number of nitrogens with two attached hydrogens (primary N) is 1. The molecule has 0 aliphatic carbocycles. The van der Waals surface area contributed by atoms with Crippen LogP contribution in [0.4, 0.5) is 5.95 Å². The summed E-state index contributed by atoms with van der Waals surface area (Å²) in [6.07, 6.45) is 5.89. The van der Waals surface area contributed by atoms with Gasteiger partial charge in [0, 0.05) is 18.9 Å². The van der Waals surface area contributed by atoms with E-state index in [0.29, 0.717) is 11.9 Å². The van der Waals surface area contributed by atoms with Crippen molar-refractivity contribution < 1.29 is 0 Å². The molecule has 0 fully saturated rings. The molecule has 0 amide bonds. The second kappa shape index (κ2) is 6.35. The molecule has 0 spiro atoms. The number of hydrogen-bond donors (Lipinski definition) is 2. The monoisotopic (exact) mass is 208 g/mol. The van der Waals surface area contributed by atoms with Gasteiger partial charge in [0.2, 0.25) is 5.95 Å². The van der Waals surface area contributed by atoms with E-state index >= 15 is 0 Å². The molecule has 0 bridgehead atoms. The van der Waals surface area contributed by atoms with Crippen LogP contribution in [0.2, 0.25) is 0 Å². The highest BCUT2D eigenvalue weighted by Gasteiger charge is 1.99. The second-order valence-corrected chi connectivity index (χ2v) is 3.99. The highest BCUT2D eigenvalue weighted by Crippen LogP contribution is 2.04. The third kappa shape index (κ3) is 4.74. The van der Waals surface area contributed by atoms with Gasteiger partial charge in [0.1, 0.15) is 0 Å². The van der Waals surface area contributed by atoms with E-state index in [1.807, 2.05) is 19.3 Å². The summed E-state index contributed by atoms with van der Waals surface area (Å²) in [5.74, 6) is 1.31. The van der Waals surface area contributed by atoms with Gasteiger partial charge in [-0.1, -0.05) is 6.92 Å². The van der Waals surface area contributed by atoms with Gasteiger partial charge in [-0.05, 0) is 37.8 Å². The van der Waals surface area contributed by atoms with Crippen molar-refractivity contribution in [2.75, 3.05) is 18.4 Å². The summed E-state index contributed by atoms with van der Waals surface area (Å²) >= 11 is 0. The number of nitrogens with one attached hydrogen (secondary N) is 1. The fourth-order valence-corrected chi connectivity index (χ4v) is 1.25. The van der Waals surface area contributed by atoms with Gasteiger partial charge in [-0.25, -0.2) is 9.97 Å². The molecule has 0 aromatic carbocycles. The average molecular weight is 208 g/mol. The van der Waals surface area contributed by atoms with Crippen LogP contribution in [0.25, 0.3) is 0 Å². The molecule has 1 rings (SSSR count). The Morgan fingerprint density at radius 3 is 2.67 bits per heavy atom. The maximum absolute atomic E-state index is 5.54. The van der Waals surface area contributed by atoms with Crippen LogP contribution in [0.1, 0.15) is 25.3 Å². The minimum Gasteiger partial charge on any atom is -0.354 e. The molecule has 3 N–H and O–H groups in total.